The Morgan fingerprint density at radius 1 is 0.833 bits per heavy atom. The summed E-state index contributed by atoms with van der Waals surface area (Å²) in [7, 11) is -3.36. The first-order chi connectivity index (χ1) is 31.2. The molecule has 1 saturated heterocycles. The van der Waals surface area contributed by atoms with Crippen molar-refractivity contribution in [3.8, 4) is 5.75 Å². The summed E-state index contributed by atoms with van der Waals surface area (Å²) in [4.78, 5) is 33.7. The van der Waals surface area contributed by atoms with Crippen molar-refractivity contribution < 1.29 is 60.1 Å². The number of amides is 2. The zero-order valence-corrected chi connectivity index (χ0v) is 37.1. The number of imide groups is 1. The number of alkyl halides is 6. The van der Waals surface area contributed by atoms with E-state index in [0.717, 1.165) is 16.4 Å². The summed E-state index contributed by atoms with van der Waals surface area (Å²) in [5, 5.41) is 34.6. The Kier molecular flexibility index (Phi) is 13.6. The molecular formula is C50H47F7N2O6Si. The van der Waals surface area contributed by atoms with Crippen molar-refractivity contribution in [3.63, 3.8) is 0 Å². The van der Waals surface area contributed by atoms with E-state index in [0.29, 0.717) is 39.4 Å². The Hall–Kier alpha value is -5.94. The molecule has 1 fully saturated rings. The Labute approximate surface area is 377 Å². The van der Waals surface area contributed by atoms with Crippen LogP contribution >= 0.6 is 0 Å². The molecule has 2 aliphatic rings. The van der Waals surface area contributed by atoms with E-state index >= 15 is 0 Å². The molecule has 0 spiro atoms. The monoisotopic (exact) mass is 932 g/mol. The number of aromatic nitrogens is 1. The number of aliphatic hydroxyl groups is 2. The van der Waals surface area contributed by atoms with E-state index in [2.05, 4.69) is 4.98 Å². The average molecular weight is 933 g/mol. The number of carbonyl (C=O) groups is 2. The molecule has 3 N–H and O–H groups in total. The first kappa shape index (κ1) is 48.0. The lowest BCUT2D eigenvalue weighted by molar-refractivity contribution is -0.143. The lowest BCUT2D eigenvalue weighted by Crippen LogP contribution is -2.66. The third-order valence-corrected chi connectivity index (χ3v) is 17.4. The lowest BCUT2D eigenvalue weighted by atomic mass is 9.68. The molecule has 0 saturated carbocycles. The Morgan fingerprint density at radius 3 is 1.94 bits per heavy atom. The molecule has 1 aromatic heterocycles. The van der Waals surface area contributed by atoms with Crippen molar-refractivity contribution in [3.05, 3.63) is 161 Å². The first-order valence-electron chi connectivity index (χ1n) is 21.2. The molecule has 0 bridgehead atoms. The van der Waals surface area contributed by atoms with Gasteiger partial charge in [0.2, 0.25) is 11.8 Å². The number of phenols is 1. The van der Waals surface area contributed by atoms with Crippen LogP contribution < -0.4 is 15.3 Å². The summed E-state index contributed by atoms with van der Waals surface area (Å²) in [5.74, 6) is -7.80. The molecule has 4 atom stereocenters. The topological polar surface area (TPSA) is 120 Å². The maximum Gasteiger partial charge on any atom is 0.416 e. The van der Waals surface area contributed by atoms with Gasteiger partial charge in [0.05, 0.1) is 53.7 Å². The minimum absolute atomic E-state index is 0.0721. The molecule has 2 heterocycles. The van der Waals surface area contributed by atoms with Crippen LogP contribution in [0.1, 0.15) is 62.4 Å². The molecule has 16 heteroatoms. The standard InChI is InChI=1S/C50H47F7N2O6Si/c1-48(2,3)66(36-12-6-4-7-13-36,37-14-8-5-9-15-37)65-29-32-24-38-45(47(64)59(46(38)63)35-26-33(49(52,53)54)25-34(27-35)50(55,56)57)39(28-60)44(32)43(62)20-18-31(41-16-10-11-21-58-41)22-30-17-19-42(61)40(51)23-30/h4-17,19,21-23,25-27,38-39,43,45,60-62H,18,20,24,28-29H2,1-3H3/b31-22-/t38-,39+,43-,45-/m1/s1. The number of carbonyl (C=O) groups excluding carboxylic acids is 2. The molecule has 5 aromatic rings. The van der Waals surface area contributed by atoms with E-state index in [1.807, 2.05) is 81.4 Å². The summed E-state index contributed by atoms with van der Waals surface area (Å²) < 4.78 is 106. The van der Waals surface area contributed by atoms with Gasteiger partial charge in [0.1, 0.15) is 0 Å². The summed E-state index contributed by atoms with van der Waals surface area (Å²) >= 11 is 0. The Morgan fingerprint density at radius 2 is 1.42 bits per heavy atom. The van der Waals surface area contributed by atoms with E-state index in [1.165, 1.54) is 12.1 Å². The van der Waals surface area contributed by atoms with Crippen LogP contribution in [0.3, 0.4) is 0 Å². The summed E-state index contributed by atoms with van der Waals surface area (Å²) in [5.41, 5.74) is -2.52. The molecule has 8 nitrogen and oxygen atoms in total. The number of hydrogen-bond acceptors (Lipinski definition) is 7. The predicted octanol–water partition coefficient (Wildman–Crippen LogP) is 9.34. The summed E-state index contributed by atoms with van der Waals surface area (Å²) in [6.07, 6.45) is -9.15. The molecule has 1 aliphatic carbocycles. The summed E-state index contributed by atoms with van der Waals surface area (Å²) in [6.45, 7) is 5.02. The van der Waals surface area contributed by atoms with Gasteiger partial charge in [-0.25, -0.2) is 9.29 Å². The number of benzene rings is 4. The number of phenolic OH excluding ortho intramolecular Hbond substituents is 1. The molecular weight excluding hydrogens is 886 g/mol. The first-order valence-corrected chi connectivity index (χ1v) is 23.1. The molecule has 1 aliphatic heterocycles. The molecule has 0 radical (unpaired) electrons. The fourth-order valence-electron chi connectivity index (χ4n) is 9.46. The smallest absolute Gasteiger partial charge is 0.416 e. The highest BCUT2D eigenvalue weighted by atomic mass is 28.4. The fourth-order valence-corrected chi connectivity index (χ4v) is 14.0. The number of anilines is 1. The minimum Gasteiger partial charge on any atom is -0.505 e. The van der Waals surface area contributed by atoms with Gasteiger partial charge in [0, 0.05) is 12.1 Å². The lowest BCUT2D eigenvalue weighted by Gasteiger charge is -2.44. The molecule has 4 aromatic carbocycles. The van der Waals surface area contributed by atoms with E-state index in [1.54, 1.807) is 30.5 Å². The van der Waals surface area contributed by atoms with Crippen molar-refractivity contribution in [1.29, 1.82) is 0 Å². The normalized spacial score (nSPS) is 19.1. The van der Waals surface area contributed by atoms with Gasteiger partial charge in [0.25, 0.3) is 8.32 Å². The maximum atomic E-state index is 14.5. The van der Waals surface area contributed by atoms with Crippen molar-refractivity contribution in [2.24, 2.45) is 17.8 Å². The van der Waals surface area contributed by atoms with Crippen LogP contribution in [-0.4, -0.2) is 59.8 Å². The largest absolute Gasteiger partial charge is 0.505 e. The highest BCUT2D eigenvalue weighted by Crippen LogP contribution is 2.49. The zero-order valence-electron chi connectivity index (χ0n) is 36.1. The Bertz CT molecular complexity index is 2560. The zero-order chi connectivity index (χ0) is 47.8. The van der Waals surface area contributed by atoms with Crippen molar-refractivity contribution in [1.82, 2.24) is 4.98 Å². The van der Waals surface area contributed by atoms with Crippen molar-refractivity contribution in [2.45, 2.75) is 63.5 Å². The van der Waals surface area contributed by atoms with E-state index in [-0.39, 0.29) is 37.5 Å². The van der Waals surface area contributed by atoms with Crippen LogP contribution in [0.4, 0.5) is 36.4 Å². The minimum atomic E-state index is -5.27. The van der Waals surface area contributed by atoms with Crippen LogP contribution in [0.2, 0.25) is 5.04 Å². The Balaban J connectivity index is 1.35. The van der Waals surface area contributed by atoms with Crippen LogP contribution in [0, 0.1) is 23.6 Å². The van der Waals surface area contributed by atoms with E-state index < -0.39 is 96.4 Å². The third kappa shape index (κ3) is 9.50. The van der Waals surface area contributed by atoms with Crippen LogP contribution in [0.25, 0.3) is 11.6 Å². The fraction of sp³-hybridized carbons (Fsp3) is 0.300. The number of aliphatic hydroxyl groups excluding tert-OH is 2. The number of allylic oxidation sites excluding steroid dienone is 1. The van der Waals surface area contributed by atoms with Gasteiger partial charge in [-0.3, -0.25) is 14.6 Å². The average Bonchev–Trinajstić information content (AvgIpc) is 3.53. The second-order valence-electron chi connectivity index (χ2n) is 17.6. The SMILES string of the molecule is CC(C)(C)[Si](OCC1=C([C@H](O)CC/C(=C/c2ccc(O)c(F)c2)c2ccccn2)[C@H](CO)[C@@H]2C(=O)N(c3cc(C(F)(F)F)cc(C(F)(F)F)c3)C(=O)[C@@H]2C1)(c1ccccc1)c1ccccc1. The second-order valence-corrected chi connectivity index (χ2v) is 21.9. The highest BCUT2D eigenvalue weighted by Gasteiger charge is 2.57. The van der Waals surface area contributed by atoms with Gasteiger partial charge < -0.3 is 19.7 Å². The molecule has 66 heavy (non-hydrogen) atoms. The number of pyridine rings is 1. The highest BCUT2D eigenvalue weighted by molar-refractivity contribution is 6.99. The van der Waals surface area contributed by atoms with Crippen molar-refractivity contribution in [2.75, 3.05) is 18.1 Å². The van der Waals surface area contributed by atoms with Crippen LogP contribution in [0.5, 0.6) is 5.75 Å². The predicted molar refractivity (Wildman–Crippen MR) is 237 cm³/mol. The van der Waals surface area contributed by atoms with Gasteiger partial charge >= 0.3 is 12.4 Å². The van der Waals surface area contributed by atoms with E-state index in [9.17, 15) is 55.6 Å². The third-order valence-electron chi connectivity index (χ3n) is 12.4. The second kappa shape index (κ2) is 18.7. The van der Waals surface area contributed by atoms with Gasteiger partial charge in [-0.05, 0) is 105 Å². The number of fused-ring (bicyclic) bond motifs is 1. The van der Waals surface area contributed by atoms with Crippen molar-refractivity contribution >= 4 is 47.8 Å². The number of aromatic hydroxyl groups is 1. The molecule has 346 valence electrons. The molecule has 0 unspecified atom stereocenters. The summed E-state index contributed by atoms with van der Waals surface area (Å²) in [6, 6.07) is 28.5. The van der Waals surface area contributed by atoms with Gasteiger partial charge in [-0.1, -0.05) is 93.6 Å². The van der Waals surface area contributed by atoms with Gasteiger partial charge in [-0.15, -0.1) is 0 Å². The number of rotatable bonds is 13. The van der Waals surface area contributed by atoms with Gasteiger partial charge in [-0.2, -0.15) is 26.3 Å². The quantitative estimate of drug-likeness (QED) is 0.0466. The van der Waals surface area contributed by atoms with Crippen LogP contribution in [-0.2, 0) is 26.4 Å². The maximum absolute atomic E-state index is 14.5. The number of hydrogen-bond donors (Lipinski definition) is 3. The number of nitrogens with zero attached hydrogens (tertiary/aromatic N) is 2. The molecule has 2 amide bonds. The number of halogens is 7. The van der Waals surface area contributed by atoms with Crippen LogP contribution in [0.15, 0.2) is 133 Å². The molecule has 7 rings (SSSR count). The van der Waals surface area contributed by atoms with Gasteiger partial charge in [0.15, 0.2) is 11.6 Å². The van der Waals surface area contributed by atoms with E-state index in [4.69, 9.17) is 4.43 Å².